The second-order valence-electron chi connectivity index (χ2n) is 4.29. The molecule has 0 saturated heterocycles. The molecule has 92 valence electrons. The van der Waals surface area contributed by atoms with E-state index in [4.69, 9.17) is 15.2 Å². The van der Waals surface area contributed by atoms with E-state index in [1.54, 1.807) is 0 Å². The number of rotatable bonds is 4. The van der Waals surface area contributed by atoms with Crippen LogP contribution in [0.2, 0.25) is 0 Å². The first kappa shape index (κ1) is 11.9. The van der Waals surface area contributed by atoms with E-state index in [-0.39, 0.29) is 11.9 Å². The Labute approximate surface area is 101 Å². The van der Waals surface area contributed by atoms with Gasteiger partial charge in [0.2, 0.25) is 0 Å². The van der Waals surface area contributed by atoms with Crippen LogP contribution in [0.3, 0.4) is 0 Å². The fourth-order valence-electron chi connectivity index (χ4n) is 2.07. The van der Waals surface area contributed by atoms with Crippen molar-refractivity contribution < 1.29 is 14.3 Å². The lowest BCUT2D eigenvalue weighted by atomic mass is 10.1. The summed E-state index contributed by atoms with van der Waals surface area (Å²) in [6.07, 6.45) is 0.646. The van der Waals surface area contributed by atoms with Crippen molar-refractivity contribution in [2.24, 2.45) is 5.73 Å². The number of esters is 1. The predicted molar refractivity (Wildman–Crippen MR) is 63.9 cm³/mol. The van der Waals surface area contributed by atoms with Crippen molar-refractivity contribution in [3.8, 4) is 5.75 Å². The lowest BCUT2D eigenvalue weighted by Gasteiger charge is -2.09. The quantitative estimate of drug-likeness (QED) is 0.802. The van der Waals surface area contributed by atoms with Crippen molar-refractivity contribution in [1.82, 2.24) is 0 Å². The Bertz CT molecular complexity index is 415. The van der Waals surface area contributed by atoms with Crippen LogP contribution in [-0.4, -0.2) is 25.2 Å². The van der Waals surface area contributed by atoms with Crippen LogP contribution in [0.4, 0.5) is 0 Å². The predicted octanol–water partition coefficient (Wildman–Crippen LogP) is 1.44. The molecule has 1 fully saturated rings. The maximum absolute atomic E-state index is 11.5. The average Bonchev–Trinajstić information content (AvgIpc) is 3.03. The topological polar surface area (TPSA) is 61.5 Å². The summed E-state index contributed by atoms with van der Waals surface area (Å²) in [5, 5.41) is 0. The number of hydrogen-bond donors (Lipinski definition) is 1. The van der Waals surface area contributed by atoms with Crippen LogP contribution in [0.5, 0.6) is 5.75 Å². The van der Waals surface area contributed by atoms with Gasteiger partial charge in [-0.25, -0.2) is 0 Å². The van der Waals surface area contributed by atoms with Crippen LogP contribution in [0, 0.1) is 0 Å². The summed E-state index contributed by atoms with van der Waals surface area (Å²) in [7, 11) is 1.37. The number of benzene rings is 1. The SMILES string of the molecule is CCOc1ccc(C2CC2(N)C(=O)OC)cc1. The van der Waals surface area contributed by atoms with Gasteiger partial charge < -0.3 is 15.2 Å². The van der Waals surface area contributed by atoms with E-state index in [9.17, 15) is 4.79 Å². The van der Waals surface area contributed by atoms with E-state index < -0.39 is 5.54 Å². The van der Waals surface area contributed by atoms with E-state index in [1.807, 2.05) is 31.2 Å². The van der Waals surface area contributed by atoms with Crippen molar-refractivity contribution in [3.63, 3.8) is 0 Å². The smallest absolute Gasteiger partial charge is 0.326 e. The zero-order valence-corrected chi connectivity index (χ0v) is 10.1. The first-order valence-corrected chi connectivity index (χ1v) is 5.72. The summed E-state index contributed by atoms with van der Waals surface area (Å²) in [6.45, 7) is 2.59. The lowest BCUT2D eigenvalue weighted by Crippen LogP contribution is -2.35. The van der Waals surface area contributed by atoms with Crippen molar-refractivity contribution >= 4 is 5.97 Å². The molecule has 2 atom stereocenters. The number of carbonyl (C=O) groups excluding carboxylic acids is 1. The summed E-state index contributed by atoms with van der Waals surface area (Å²) in [5.74, 6) is 0.555. The summed E-state index contributed by atoms with van der Waals surface area (Å²) in [5.41, 5.74) is 6.19. The first-order valence-electron chi connectivity index (χ1n) is 5.72. The maximum Gasteiger partial charge on any atom is 0.326 e. The molecule has 1 aliphatic carbocycles. The van der Waals surface area contributed by atoms with Gasteiger partial charge in [-0.3, -0.25) is 4.79 Å². The van der Waals surface area contributed by atoms with Crippen LogP contribution in [0.25, 0.3) is 0 Å². The maximum atomic E-state index is 11.5. The molecule has 0 amide bonds. The van der Waals surface area contributed by atoms with E-state index in [1.165, 1.54) is 7.11 Å². The number of hydrogen-bond acceptors (Lipinski definition) is 4. The van der Waals surface area contributed by atoms with Gasteiger partial charge in [-0.05, 0) is 31.0 Å². The minimum atomic E-state index is -0.831. The molecular formula is C13H17NO3. The zero-order valence-electron chi connectivity index (χ0n) is 10.1. The van der Waals surface area contributed by atoms with Gasteiger partial charge in [0.1, 0.15) is 11.3 Å². The van der Waals surface area contributed by atoms with Gasteiger partial charge in [-0.2, -0.15) is 0 Å². The minimum absolute atomic E-state index is 0.0608. The summed E-state index contributed by atoms with van der Waals surface area (Å²) in [6, 6.07) is 7.70. The molecule has 0 radical (unpaired) electrons. The molecule has 2 rings (SSSR count). The zero-order chi connectivity index (χ0) is 12.5. The Balaban J connectivity index is 2.08. The molecule has 17 heavy (non-hydrogen) atoms. The molecule has 0 aliphatic heterocycles. The van der Waals surface area contributed by atoms with Gasteiger partial charge in [0, 0.05) is 5.92 Å². The molecule has 2 N–H and O–H groups in total. The second-order valence-corrected chi connectivity index (χ2v) is 4.29. The summed E-state index contributed by atoms with van der Waals surface area (Å²) >= 11 is 0. The third-order valence-corrected chi connectivity index (χ3v) is 3.16. The summed E-state index contributed by atoms with van der Waals surface area (Å²) in [4.78, 5) is 11.5. The summed E-state index contributed by atoms with van der Waals surface area (Å²) < 4.78 is 10.1. The third-order valence-electron chi connectivity index (χ3n) is 3.16. The molecular weight excluding hydrogens is 218 g/mol. The Kier molecular flexibility index (Phi) is 3.07. The number of nitrogens with two attached hydrogens (primary N) is 1. The second kappa shape index (κ2) is 4.37. The molecule has 0 spiro atoms. The van der Waals surface area contributed by atoms with E-state index in [2.05, 4.69) is 0 Å². The van der Waals surface area contributed by atoms with E-state index in [0.29, 0.717) is 13.0 Å². The van der Waals surface area contributed by atoms with Gasteiger partial charge in [-0.15, -0.1) is 0 Å². The number of ether oxygens (including phenoxy) is 2. The van der Waals surface area contributed by atoms with E-state index >= 15 is 0 Å². The molecule has 1 saturated carbocycles. The van der Waals surface area contributed by atoms with Crippen LogP contribution >= 0.6 is 0 Å². The van der Waals surface area contributed by atoms with Gasteiger partial charge in [-0.1, -0.05) is 12.1 Å². The monoisotopic (exact) mass is 235 g/mol. The highest BCUT2D eigenvalue weighted by Crippen LogP contribution is 2.50. The van der Waals surface area contributed by atoms with Gasteiger partial charge >= 0.3 is 5.97 Å². The van der Waals surface area contributed by atoms with Crippen molar-refractivity contribution in [1.29, 1.82) is 0 Å². The van der Waals surface area contributed by atoms with Crippen LogP contribution in [0.15, 0.2) is 24.3 Å². The fourth-order valence-corrected chi connectivity index (χ4v) is 2.07. The largest absolute Gasteiger partial charge is 0.494 e. The fraction of sp³-hybridized carbons (Fsp3) is 0.462. The van der Waals surface area contributed by atoms with Gasteiger partial charge in [0.25, 0.3) is 0 Å². The molecule has 1 aliphatic rings. The standard InChI is InChI=1S/C13H17NO3/c1-3-17-10-6-4-9(5-7-10)11-8-13(11,14)12(15)16-2/h4-7,11H,3,8,14H2,1-2H3. The molecule has 1 aromatic rings. The molecule has 2 unspecified atom stereocenters. The number of methoxy groups -OCH3 is 1. The highest BCUT2D eigenvalue weighted by molar-refractivity contribution is 5.86. The number of carbonyl (C=O) groups is 1. The molecule has 1 aromatic carbocycles. The van der Waals surface area contributed by atoms with Crippen molar-refractivity contribution in [2.45, 2.75) is 24.8 Å². The Morgan fingerprint density at radius 3 is 2.65 bits per heavy atom. The van der Waals surface area contributed by atoms with Crippen LogP contribution in [-0.2, 0) is 9.53 Å². The molecule has 4 heteroatoms. The highest BCUT2D eigenvalue weighted by atomic mass is 16.5. The Morgan fingerprint density at radius 2 is 2.12 bits per heavy atom. The first-order chi connectivity index (χ1) is 8.11. The Hall–Kier alpha value is -1.55. The highest BCUT2D eigenvalue weighted by Gasteiger charge is 2.58. The minimum Gasteiger partial charge on any atom is -0.494 e. The average molecular weight is 235 g/mol. The van der Waals surface area contributed by atoms with E-state index in [0.717, 1.165) is 11.3 Å². The molecule has 0 aromatic heterocycles. The Morgan fingerprint density at radius 1 is 1.47 bits per heavy atom. The van der Waals surface area contributed by atoms with Crippen LogP contribution < -0.4 is 10.5 Å². The molecule has 4 nitrogen and oxygen atoms in total. The molecule has 0 bridgehead atoms. The van der Waals surface area contributed by atoms with Gasteiger partial charge in [0.05, 0.1) is 13.7 Å². The normalized spacial score (nSPS) is 26.4. The molecule has 0 heterocycles. The van der Waals surface area contributed by atoms with Crippen molar-refractivity contribution in [2.75, 3.05) is 13.7 Å². The van der Waals surface area contributed by atoms with Crippen LogP contribution in [0.1, 0.15) is 24.8 Å². The van der Waals surface area contributed by atoms with Gasteiger partial charge in [0.15, 0.2) is 0 Å². The third kappa shape index (κ3) is 2.13. The lowest BCUT2D eigenvalue weighted by molar-refractivity contribution is -0.143. The van der Waals surface area contributed by atoms with Crippen molar-refractivity contribution in [3.05, 3.63) is 29.8 Å².